The summed E-state index contributed by atoms with van der Waals surface area (Å²) >= 11 is 6.17. The second-order valence-corrected chi connectivity index (χ2v) is 5.88. The van der Waals surface area contributed by atoms with E-state index in [1.54, 1.807) is 33.8 Å². The third-order valence-electron chi connectivity index (χ3n) is 4.11. The lowest BCUT2D eigenvalue weighted by Crippen LogP contribution is -2.19. The van der Waals surface area contributed by atoms with Gasteiger partial charge in [-0.15, -0.1) is 0 Å². The van der Waals surface area contributed by atoms with Gasteiger partial charge in [0.05, 0.1) is 17.4 Å². The Morgan fingerprint density at radius 2 is 2.04 bits per heavy atom. The summed E-state index contributed by atoms with van der Waals surface area (Å²) < 4.78 is 3.34. The van der Waals surface area contributed by atoms with Crippen LogP contribution in [-0.4, -0.2) is 19.3 Å². The zero-order valence-electron chi connectivity index (χ0n) is 12.6. The molecule has 0 amide bonds. The second kappa shape index (κ2) is 4.93. The van der Waals surface area contributed by atoms with Crippen molar-refractivity contribution in [1.29, 1.82) is 0 Å². The van der Waals surface area contributed by atoms with Crippen molar-refractivity contribution in [2.75, 3.05) is 0 Å². The van der Waals surface area contributed by atoms with Gasteiger partial charge in [0.25, 0.3) is 5.56 Å². The van der Waals surface area contributed by atoms with Gasteiger partial charge in [-0.1, -0.05) is 17.7 Å². The lowest BCUT2D eigenvalue weighted by atomic mass is 10.1. The van der Waals surface area contributed by atoms with E-state index >= 15 is 0 Å². The molecular formula is C17H13ClN4O. The summed E-state index contributed by atoms with van der Waals surface area (Å²) in [4.78, 5) is 17.2. The first-order valence-electron chi connectivity index (χ1n) is 7.16. The highest BCUT2D eigenvalue weighted by molar-refractivity contribution is 6.31. The Morgan fingerprint density at radius 1 is 1.22 bits per heavy atom. The molecule has 3 aromatic heterocycles. The zero-order chi connectivity index (χ0) is 16.1. The Kier molecular flexibility index (Phi) is 2.99. The van der Waals surface area contributed by atoms with Crippen LogP contribution < -0.4 is 5.56 Å². The maximum absolute atomic E-state index is 13.0. The summed E-state index contributed by atoms with van der Waals surface area (Å²) in [6.45, 7) is 1.96. The van der Waals surface area contributed by atoms with Gasteiger partial charge in [-0.25, -0.2) is 0 Å². The highest BCUT2D eigenvalue weighted by Gasteiger charge is 2.17. The topological polar surface area (TPSA) is 52.7 Å². The summed E-state index contributed by atoms with van der Waals surface area (Å²) in [5, 5.41) is 6.79. The number of aromatic nitrogens is 4. The molecule has 0 aliphatic carbocycles. The minimum absolute atomic E-state index is 0.175. The molecule has 5 nitrogen and oxygen atoms in total. The second-order valence-electron chi connectivity index (χ2n) is 5.45. The van der Waals surface area contributed by atoms with Crippen LogP contribution in [0, 0.1) is 6.92 Å². The molecule has 0 fully saturated rings. The fourth-order valence-electron chi connectivity index (χ4n) is 2.94. The first-order chi connectivity index (χ1) is 11.1. The number of hydrogen-bond acceptors (Lipinski definition) is 3. The van der Waals surface area contributed by atoms with Gasteiger partial charge in [-0.05, 0) is 31.2 Å². The van der Waals surface area contributed by atoms with Gasteiger partial charge >= 0.3 is 0 Å². The lowest BCUT2D eigenvalue weighted by molar-refractivity contribution is 0.749. The molecule has 0 radical (unpaired) electrons. The predicted molar refractivity (Wildman–Crippen MR) is 91.4 cm³/mol. The zero-order valence-corrected chi connectivity index (χ0v) is 13.4. The van der Waals surface area contributed by atoms with E-state index in [2.05, 4.69) is 10.1 Å². The van der Waals surface area contributed by atoms with E-state index in [9.17, 15) is 4.79 Å². The van der Waals surface area contributed by atoms with Crippen LogP contribution in [0.5, 0.6) is 0 Å². The van der Waals surface area contributed by atoms with Crippen molar-refractivity contribution in [3.63, 3.8) is 0 Å². The summed E-state index contributed by atoms with van der Waals surface area (Å²) in [5.41, 5.74) is 2.66. The average Bonchev–Trinajstić information content (AvgIpc) is 2.85. The molecule has 0 bridgehead atoms. The number of aryl methyl sites for hydroxylation is 2. The number of halogens is 1. The van der Waals surface area contributed by atoms with Crippen molar-refractivity contribution in [3.05, 3.63) is 63.8 Å². The van der Waals surface area contributed by atoms with Crippen molar-refractivity contribution < 1.29 is 0 Å². The number of fused-ring (bicyclic) bond motifs is 3. The van der Waals surface area contributed by atoms with E-state index in [0.717, 1.165) is 22.0 Å². The van der Waals surface area contributed by atoms with Crippen LogP contribution in [0.4, 0.5) is 0 Å². The molecule has 114 valence electrons. The molecular weight excluding hydrogens is 312 g/mol. The van der Waals surface area contributed by atoms with Gasteiger partial charge in [-0.2, -0.15) is 5.10 Å². The number of pyridine rings is 2. The molecule has 0 atom stereocenters. The molecule has 0 spiro atoms. The van der Waals surface area contributed by atoms with E-state index in [0.29, 0.717) is 16.2 Å². The number of benzene rings is 1. The molecule has 1 aromatic carbocycles. The van der Waals surface area contributed by atoms with Crippen LogP contribution in [0.1, 0.15) is 5.69 Å². The Hall–Kier alpha value is -2.66. The molecule has 6 heteroatoms. The first-order valence-corrected chi connectivity index (χ1v) is 7.53. The Balaban J connectivity index is 2.31. The molecule has 0 saturated carbocycles. The standard InChI is InChI=1S/C17H13ClN4O/c1-10-15-13-6-5-11(18)8-14(13)22(12-4-3-7-19-9-12)17(23)16(15)20-21(10)2/h3-9H,1-2H3. The summed E-state index contributed by atoms with van der Waals surface area (Å²) in [6.07, 6.45) is 3.33. The monoisotopic (exact) mass is 324 g/mol. The van der Waals surface area contributed by atoms with Crippen LogP contribution in [0.2, 0.25) is 5.02 Å². The Labute approximate surface area is 136 Å². The quantitative estimate of drug-likeness (QED) is 0.540. The largest absolute Gasteiger partial charge is 0.284 e. The fourth-order valence-corrected chi connectivity index (χ4v) is 3.11. The normalized spacial score (nSPS) is 11.4. The van der Waals surface area contributed by atoms with E-state index in [1.165, 1.54) is 0 Å². The van der Waals surface area contributed by atoms with Crippen LogP contribution in [-0.2, 0) is 7.05 Å². The van der Waals surface area contributed by atoms with Crippen molar-refractivity contribution in [2.45, 2.75) is 6.92 Å². The molecule has 0 aliphatic rings. The van der Waals surface area contributed by atoms with Gasteiger partial charge in [0, 0.05) is 34.7 Å². The van der Waals surface area contributed by atoms with Crippen molar-refractivity contribution in [1.82, 2.24) is 19.3 Å². The molecule has 4 aromatic rings. The predicted octanol–water partition coefficient (Wildman–Crippen LogP) is 3.23. The molecule has 4 rings (SSSR count). The van der Waals surface area contributed by atoms with Crippen LogP contribution in [0.25, 0.3) is 27.5 Å². The van der Waals surface area contributed by atoms with Gasteiger partial charge in [0.1, 0.15) is 0 Å². The van der Waals surface area contributed by atoms with Gasteiger partial charge in [-0.3, -0.25) is 19.0 Å². The fraction of sp³-hybridized carbons (Fsp3) is 0.118. The van der Waals surface area contributed by atoms with Crippen molar-refractivity contribution in [2.24, 2.45) is 7.05 Å². The highest BCUT2D eigenvalue weighted by Crippen LogP contribution is 2.28. The average molecular weight is 325 g/mol. The smallest absolute Gasteiger partial charge is 0.273 e. The third kappa shape index (κ3) is 1.97. The SMILES string of the molecule is Cc1c2c(nn1C)c(=O)n(-c1cccnc1)c1cc(Cl)ccc21. The van der Waals surface area contributed by atoms with E-state index < -0.39 is 0 Å². The molecule has 0 saturated heterocycles. The van der Waals surface area contributed by atoms with E-state index in [1.807, 2.05) is 32.2 Å². The third-order valence-corrected chi connectivity index (χ3v) is 4.35. The molecule has 0 unspecified atom stereocenters. The molecule has 0 aliphatic heterocycles. The van der Waals surface area contributed by atoms with Crippen molar-refractivity contribution in [3.8, 4) is 5.69 Å². The minimum Gasteiger partial charge on any atom is -0.273 e. The highest BCUT2D eigenvalue weighted by atomic mass is 35.5. The van der Waals surface area contributed by atoms with E-state index in [4.69, 9.17) is 11.6 Å². The number of rotatable bonds is 1. The number of nitrogens with zero attached hydrogens (tertiary/aromatic N) is 4. The van der Waals surface area contributed by atoms with Gasteiger partial charge in [0.2, 0.25) is 0 Å². The lowest BCUT2D eigenvalue weighted by Gasteiger charge is -2.11. The van der Waals surface area contributed by atoms with Gasteiger partial charge < -0.3 is 0 Å². The van der Waals surface area contributed by atoms with Crippen LogP contribution >= 0.6 is 11.6 Å². The summed E-state index contributed by atoms with van der Waals surface area (Å²) in [5.74, 6) is 0. The minimum atomic E-state index is -0.175. The maximum atomic E-state index is 13.0. The van der Waals surface area contributed by atoms with E-state index in [-0.39, 0.29) is 5.56 Å². The van der Waals surface area contributed by atoms with Crippen LogP contribution in [0.15, 0.2) is 47.5 Å². The molecule has 23 heavy (non-hydrogen) atoms. The first kappa shape index (κ1) is 14.0. The van der Waals surface area contributed by atoms with Crippen molar-refractivity contribution >= 4 is 33.4 Å². The van der Waals surface area contributed by atoms with Gasteiger partial charge in [0.15, 0.2) is 5.52 Å². The Bertz CT molecular complexity index is 1110. The maximum Gasteiger partial charge on any atom is 0.284 e. The summed E-state index contributed by atoms with van der Waals surface area (Å²) in [7, 11) is 1.84. The van der Waals surface area contributed by atoms with Crippen LogP contribution in [0.3, 0.4) is 0 Å². The Morgan fingerprint density at radius 3 is 2.78 bits per heavy atom. The molecule has 0 N–H and O–H groups in total. The summed E-state index contributed by atoms with van der Waals surface area (Å²) in [6, 6.07) is 9.20. The number of hydrogen-bond donors (Lipinski definition) is 0. The molecule has 3 heterocycles.